The lowest BCUT2D eigenvalue weighted by atomic mass is 10.1. The van der Waals surface area contributed by atoms with E-state index in [0.29, 0.717) is 0 Å². The molecule has 1 aromatic heterocycles. The van der Waals surface area contributed by atoms with Crippen molar-refractivity contribution < 1.29 is 4.79 Å². The van der Waals surface area contributed by atoms with Crippen LogP contribution in [0.1, 0.15) is 13.8 Å². The summed E-state index contributed by atoms with van der Waals surface area (Å²) in [4.78, 5) is 11.4. The summed E-state index contributed by atoms with van der Waals surface area (Å²) in [6.45, 7) is 3.83. The smallest absolute Gasteiger partial charge is 0.255 e. The molecule has 0 radical (unpaired) electrons. The lowest BCUT2D eigenvalue weighted by Gasteiger charge is -2.15. The van der Waals surface area contributed by atoms with Crippen LogP contribution >= 0.6 is 0 Å². The maximum absolute atomic E-state index is 11.4. The van der Waals surface area contributed by atoms with Crippen LogP contribution in [0, 0.1) is 5.92 Å². The predicted octanol–water partition coefficient (Wildman–Crippen LogP) is 0.541. The van der Waals surface area contributed by atoms with Gasteiger partial charge < -0.3 is 5.73 Å². The first-order chi connectivity index (χ1) is 6.11. The van der Waals surface area contributed by atoms with Crippen molar-refractivity contribution in [2.75, 3.05) is 5.43 Å². The molecule has 0 saturated heterocycles. The van der Waals surface area contributed by atoms with Crippen LogP contribution in [-0.4, -0.2) is 16.6 Å². The third-order valence-electron chi connectivity index (χ3n) is 1.86. The quantitative estimate of drug-likeness (QED) is 0.715. The van der Waals surface area contributed by atoms with Gasteiger partial charge in [0.15, 0.2) is 0 Å². The molecule has 0 spiro atoms. The number of nitrogens with one attached hydrogen (secondary N) is 1. The molecule has 4 heteroatoms. The summed E-state index contributed by atoms with van der Waals surface area (Å²) in [6, 6.07) is 3.21. The molecule has 3 N–H and O–H groups in total. The van der Waals surface area contributed by atoms with E-state index in [9.17, 15) is 4.79 Å². The molecular weight excluding hydrogens is 166 g/mol. The number of aromatic nitrogens is 1. The van der Waals surface area contributed by atoms with E-state index in [2.05, 4.69) is 5.43 Å². The Morgan fingerprint density at radius 2 is 1.92 bits per heavy atom. The predicted molar refractivity (Wildman–Crippen MR) is 51.6 cm³/mol. The highest BCUT2D eigenvalue weighted by molar-refractivity contribution is 5.88. The van der Waals surface area contributed by atoms with Crippen LogP contribution in [0.25, 0.3) is 0 Å². The maximum atomic E-state index is 11.4. The largest absolute Gasteiger partial charge is 0.320 e. The summed E-state index contributed by atoms with van der Waals surface area (Å²) in [5.74, 6) is -0.0123. The standard InChI is InChI=1S/C9H15N3O/c1-7(2)8(10)9(13)11-12-5-3-4-6-12/h3-8H,10H2,1-2H3,(H,11,13). The third kappa shape index (κ3) is 2.59. The van der Waals surface area contributed by atoms with Gasteiger partial charge in [-0.05, 0) is 18.1 Å². The monoisotopic (exact) mass is 181 g/mol. The topological polar surface area (TPSA) is 60.1 Å². The van der Waals surface area contributed by atoms with Crippen molar-refractivity contribution in [3.05, 3.63) is 24.5 Å². The minimum Gasteiger partial charge on any atom is -0.320 e. The lowest BCUT2D eigenvalue weighted by Crippen LogP contribution is -2.42. The second-order valence-electron chi connectivity index (χ2n) is 3.34. The molecule has 4 nitrogen and oxygen atoms in total. The third-order valence-corrected chi connectivity index (χ3v) is 1.86. The van der Waals surface area contributed by atoms with Gasteiger partial charge in [-0.15, -0.1) is 0 Å². The number of amides is 1. The minimum atomic E-state index is -0.456. The van der Waals surface area contributed by atoms with E-state index in [1.165, 1.54) is 0 Å². The van der Waals surface area contributed by atoms with Crippen LogP contribution in [0.4, 0.5) is 0 Å². The number of nitrogens with zero attached hydrogens (tertiary/aromatic N) is 1. The number of rotatable bonds is 3. The fourth-order valence-corrected chi connectivity index (χ4v) is 0.914. The average Bonchev–Trinajstić information content (AvgIpc) is 2.55. The zero-order valence-corrected chi connectivity index (χ0v) is 7.90. The van der Waals surface area contributed by atoms with Crippen LogP contribution < -0.4 is 11.2 Å². The molecular formula is C9H15N3O. The first-order valence-corrected chi connectivity index (χ1v) is 4.30. The summed E-state index contributed by atoms with van der Waals surface area (Å²) >= 11 is 0. The fraction of sp³-hybridized carbons (Fsp3) is 0.444. The SMILES string of the molecule is CC(C)C(N)C(=O)Nn1cccc1. The Balaban J connectivity index is 2.51. The molecule has 72 valence electrons. The molecule has 0 aliphatic carbocycles. The number of carbonyl (C=O) groups is 1. The van der Waals surface area contributed by atoms with Gasteiger partial charge >= 0.3 is 0 Å². The fourth-order valence-electron chi connectivity index (χ4n) is 0.914. The first-order valence-electron chi connectivity index (χ1n) is 4.30. The van der Waals surface area contributed by atoms with Crippen molar-refractivity contribution in [2.45, 2.75) is 19.9 Å². The summed E-state index contributed by atoms with van der Waals surface area (Å²) in [5, 5.41) is 0. The van der Waals surface area contributed by atoms with Crippen LogP contribution in [0.2, 0.25) is 0 Å². The van der Waals surface area contributed by atoms with E-state index in [4.69, 9.17) is 5.73 Å². The van der Waals surface area contributed by atoms with Crippen molar-refractivity contribution in [1.29, 1.82) is 0 Å². The second-order valence-corrected chi connectivity index (χ2v) is 3.34. The van der Waals surface area contributed by atoms with Gasteiger partial charge in [-0.3, -0.25) is 14.9 Å². The average molecular weight is 181 g/mol. The van der Waals surface area contributed by atoms with Crippen LogP contribution in [0.5, 0.6) is 0 Å². The molecule has 0 aliphatic heterocycles. The highest BCUT2D eigenvalue weighted by Crippen LogP contribution is 1.98. The van der Waals surface area contributed by atoms with E-state index >= 15 is 0 Å². The Morgan fingerprint density at radius 1 is 1.38 bits per heavy atom. The molecule has 0 aliphatic rings. The molecule has 0 bridgehead atoms. The van der Waals surface area contributed by atoms with Gasteiger partial charge in [-0.1, -0.05) is 13.8 Å². The molecule has 13 heavy (non-hydrogen) atoms. The molecule has 1 amide bonds. The summed E-state index contributed by atoms with van der Waals surface area (Å²) in [5.41, 5.74) is 8.31. The van der Waals surface area contributed by atoms with Gasteiger partial charge in [0.2, 0.25) is 0 Å². The van der Waals surface area contributed by atoms with Crippen molar-refractivity contribution >= 4 is 5.91 Å². The van der Waals surface area contributed by atoms with Gasteiger partial charge in [0.25, 0.3) is 5.91 Å². The minimum absolute atomic E-state index is 0.149. The molecule has 1 unspecified atom stereocenters. The Labute approximate surface area is 77.7 Å². The van der Waals surface area contributed by atoms with E-state index < -0.39 is 6.04 Å². The van der Waals surface area contributed by atoms with Gasteiger partial charge in [0.05, 0.1) is 6.04 Å². The van der Waals surface area contributed by atoms with Crippen molar-refractivity contribution in [1.82, 2.24) is 4.68 Å². The summed E-state index contributed by atoms with van der Waals surface area (Å²) < 4.78 is 1.59. The summed E-state index contributed by atoms with van der Waals surface area (Å²) in [7, 11) is 0. The molecule has 1 aromatic rings. The second kappa shape index (κ2) is 4.09. The number of hydrogen-bond acceptors (Lipinski definition) is 2. The van der Waals surface area contributed by atoms with Crippen molar-refractivity contribution in [3.63, 3.8) is 0 Å². The van der Waals surface area contributed by atoms with Gasteiger partial charge in [-0.2, -0.15) is 0 Å². The van der Waals surface area contributed by atoms with E-state index in [0.717, 1.165) is 0 Å². The highest BCUT2D eigenvalue weighted by Gasteiger charge is 2.16. The Hall–Kier alpha value is -1.29. The molecule has 0 saturated carbocycles. The molecule has 1 atom stereocenters. The van der Waals surface area contributed by atoms with Gasteiger partial charge in [0, 0.05) is 12.4 Å². The highest BCUT2D eigenvalue weighted by atomic mass is 16.2. The van der Waals surface area contributed by atoms with Crippen LogP contribution in [0.3, 0.4) is 0 Å². The Kier molecular flexibility index (Phi) is 3.08. The molecule has 0 fully saturated rings. The number of nitrogens with two attached hydrogens (primary N) is 1. The first kappa shape index (κ1) is 9.80. The number of hydrogen-bond donors (Lipinski definition) is 2. The molecule has 1 rings (SSSR count). The van der Waals surface area contributed by atoms with E-state index in [1.807, 2.05) is 26.0 Å². The normalized spacial score (nSPS) is 12.9. The maximum Gasteiger partial charge on any atom is 0.255 e. The summed E-state index contributed by atoms with van der Waals surface area (Å²) in [6.07, 6.45) is 3.51. The van der Waals surface area contributed by atoms with Crippen LogP contribution in [-0.2, 0) is 4.79 Å². The van der Waals surface area contributed by atoms with Gasteiger partial charge in [0.1, 0.15) is 0 Å². The number of carbonyl (C=O) groups excluding carboxylic acids is 1. The zero-order chi connectivity index (χ0) is 9.84. The van der Waals surface area contributed by atoms with Crippen LogP contribution in [0.15, 0.2) is 24.5 Å². The molecule has 0 aromatic carbocycles. The van der Waals surface area contributed by atoms with Crippen molar-refractivity contribution in [3.8, 4) is 0 Å². The lowest BCUT2D eigenvalue weighted by molar-refractivity contribution is -0.119. The Bertz CT molecular complexity index is 266. The van der Waals surface area contributed by atoms with E-state index in [-0.39, 0.29) is 11.8 Å². The van der Waals surface area contributed by atoms with Gasteiger partial charge in [-0.25, -0.2) is 0 Å². The van der Waals surface area contributed by atoms with E-state index in [1.54, 1.807) is 17.1 Å². The molecule has 1 heterocycles. The zero-order valence-electron chi connectivity index (χ0n) is 7.90. The Morgan fingerprint density at radius 3 is 2.38 bits per heavy atom. The van der Waals surface area contributed by atoms with Crippen molar-refractivity contribution in [2.24, 2.45) is 11.7 Å².